The normalized spacial score (nSPS) is 10.6. The first-order chi connectivity index (χ1) is 8.74. The fraction of sp³-hybridized carbons (Fsp3) is 0.308. The van der Waals surface area contributed by atoms with Gasteiger partial charge < -0.3 is 15.5 Å². The number of nitrogens with one attached hydrogen (secondary N) is 1. The number of rotatable bonds is 5. The van der Waals surface area contributed by atoms with Crippen LogP contribution in [0.5, 0.6) is 5.75 Å². The molecule has 0 saturated heterocycles. The van der Waals surface area contributed by atoms with Crippen LogP contribution in [0, 0.1) is 5.82 Å². The van der Waals surface area contributed by atoms with Gasteiger partial charge in [-0.05, 0) is 31.2 Å². The summed E-state index contributed by atoms with van der Waals surface area (Å²) in [5.41, 5.74) is 6.99. The van der Waals surface area contributed by atoms with E-state index in [1.54, 1.807) is 18.3 Å². The van der Waals surface area contributed by atoms with Crippen molar-refractivity contribution in [3.8, 4) is 17.0 Å². The predicted octanol–water partition coefficient (Wildman–Crippen LogP) is 2.12. The quantitative estimate of drug-likeness (QED) is 0.853. The lowest BCUT2D eigenvalue weighted by atomic mass is 10.1. The average molecular weight is 249 g/mol. The number of aryl methyl sites for hydroxylation is 1. The van der Waals surface area contributed by atoms with Gasteiger partial charge >= 0.3 is 0 Å². The maximum Gasteiger partial charge on any atom is 0.165 e. The van der Waals surface area contributed by atoms with Gasteiger partial charge in [0.05, 0.1) is 19.0 Å². The Bertz CT molecular complexity index is 525. The van der Waals surface area contributed by atoms with E-state index in [9.17, 15) is 4.39 Å². The van der Waals surface area contributed by atoms with Gasteiger partial charge in [-0.2, -0.15) is 0 Å². The Morgan fingerprint density at radius 3 is 2.94 bits per heavy atom. The number of H-pyrrole nitrogens is 1. The molecule has 0 atom stereocenters. The lowest BCUT2D eigenvalue weighted by Gasteiger charge is -2.03. The van der Waals surface area contributed by atoms with Crippen molar-refractivity contribution in [1.29, 1.82) is 0 Å². The smallest absolute Gasteiger partial charge is 0.165 e. The Morgan fingerprint density at radius 2 is 2.28 bits per heavy atom. The molecule has 3 N–H and O–H groups in total. The molecule has 2 rings (SSSR count). The number of benzene rings is 1. The molecule has 4 nitrogen and oxygen atoms in total. The SMILES string of the molecule is COc1ccc(-c2cnc(CCCN)[nH]2)cc1F. The minimum absolute atomic E-state index is 0.238. The van der Waals surface area contributed by atoms with Crippen LogP contribution in [0.4, 0.5) is 4.39 Å². The van der Waals surface area contributed by atoms with E-state index in [-0.39, 0.29) is 11.6 Å². The fourth-order valence-electron chi connectivity index (χ4n) is 1.74. The van der Waals surface area contributed by atoms with E-state index in [1.165, 1.54) is 13.2 Å². The van der Waals surface area contributed by atoms with Gasteiger partial charge in [-0.1, -0.05) is 0 Å². The maximum absolute atomic E-state index is 13.6. The second kappa shape index (κ2) is 5.64. The molecule has 5 heteroatoms. The van der Waals surface area contributed by atoms with Crippen LogP contribution in [-0.2, 0) is 6.42 Å². The zero-order chi connectivity index (χ0) is 13.0. The van der Waals surface area contributed by atoms with Gasteiger partial charge in [-0.3, -0.25) is 0 Å². The molecule has 1 aromatic carbocycles. The first-order valence-corrected chi connectivity index (χ1v) is 5.82. The van der Waals surface area contributed by atoms with Crippen molar-refractivity contribution in [1.82, 2.24) is 9.97 Å². The third-order valence-electron chi connectivity index (χ3n) is 2.71. The van der Waals surface area contributed by atoms with Crippen molar-refractivity contribution in [3.63, 3.8) is 0 Å². The van der Waals surface area contributed by atoms with Gasteiger partial charge in [0, 0.05) is 12.0 Å². The van der Waals surface area contributed by atoms with E-state index in [0.29, 0.717) is 6.54 Å². The molecule has 96 valence electrons. The molecule has 0 radical (unpaired) electrons. The van der Waals surface area contributed by atoms with E-state index in [1.807, 2.05) is 0 Å². The second-order valence-corrected chi connectivity index (χ2v) is 3.99. The summed E-state index contributed by atoms with van der Waals surface area (Å²) >= 11 is 0. The number of hydrogen-bond donors (Lipinski definition) is 2. The van der Waals surface area contributed by atoms with Crippen molar-refractivity contribution in [2.45, 2.75) is 12.8 Å². The molecule has 2 aromatic rings. The summed E-state index contributed by atoms with van der Waals surface area (Å²) in [7, 11) is 1.44. The lowest BCUT2D eigenvalue weighted by molar-refractivity contribution is 0.386. The van der Waals surface area contributed by atoms with Crippen LogP contribution < -0.4 is 10.5 Å². The van der Waals surface area contributed by atoms with Gasteiger partial charge in [0.25, 0.3) is 0 Å². The van der Waals surface area contributed by atoms with Gasteiger partial charge in [-0.15, -0.1) is 0 Å². The number of nitrogens with two attached hydrogens (primary N) is 1. The Hall–Kier alpha value is -1.88. The van der Waals surface area contributed by atoms with Crippen molar-refractivity contribution >= 4 is 0 Å². The fourth-order valence-corrected chi connectivity index (χ4v) is 1.74. The number of aromatic amines is 1. The molecule has 1 heterocycles. The highest BCUT2D eigenvalue weighted by Crippen LogP contribution is 2.24. The number of aromatic nitrogens is 2. The molecule has 0 amide bonds. The summed E-state index contributed by atoms with van der Waals surface area (Å²) in [4.78, 5) is 7.39. The van der Waals surface area contributed by atoms with Crippen LogP contribution in [0.15, 0.2) is 24.4 Å². The minimum Gasteiger partial charge on any atom is -0.494 e. The third kappa shape index (κ3) is 2.68. The van der Waals surface area contributed by atoms with E-state index in [4.69, 9.17) is 10.5 Å². The molecule has 0 aliphatic rings. The first kappa shape index (κ1) is 12.6. The topological polar surface area (TPSA) is 63.9 Å². The average Bonchev–Trinajstić information content (AvgIpc) is 2.85. The molecule has 0 fully saturated rings. The van der Waals surface area contributed by atoms with Crippen LogP contribution in [0.1, 0.15) is 12.2 Å². The van der Waals surface area contributed by atoms with Crippen molar-refractivity contribution in [2.24, 2.45) is 5.73 Å². The van der Waals surface area contributed by atoms with Crippen LogP contribution in [0.25, 0.3) is 11.3 Å². The highest BCUT2D eigenvalue weighted by molar-refractivity contribution is 5.59. The summed E-state index contributed by atoms with van der Waals surface area (Å²) in [5.74, 6) is 0.724. The lowest BCUT2D eigenvalue weighted by Crippen LogP contribution is -2.01. The van der Waals surface area contributed by atoms with Crippen LogP contribution in [0.3, 0.4) is 0 Å². The standard InChI is InChI=1S/C13H16FN3O/c1-18-12-5-4-9(7-10(12)14)11-8-16-13(17-11)3-2-6-15/h4-5,7-8H,2-3,6,15H2,1H3,(H,16,17). The molecule has 1 aromatic heterocycles. The molecular formula is C13H16FN3O. The Morgan fingerprint density at radius 1 is 1.44 bits per heavy atom. The number of methoxy groups -OCH3 is 1. The van der Waals surface area contributed by atoms with Crippen LogP contribution >= 0.6 is 0 Å². The first-order valence-electron chi connectivity index (χ1n) is 5.82. The Labute approximate surface area is 105 Å². The maximum atomic E-state index is 13.6. The van der Waals surface area contributed by atoms with Gasteiger partial charge in [0.2, 0.25) is 0 Å². The molecule has 0 aliphatic carbocycles. The second-order valence-electron chi connectivity index (χ2n) is 3.99. The molecule has 18 heavy (non-hydrogen) atoms. The zero-order valence-corrected chi connectivity index (χ0v) is 10.2. The van der Waals surface area contributed by atoms with E-state index in [0.717, 1.165) is 29.9 Å². The largest absolute Gasteiger partial charge is 0.494 e. The highest BCUT2D eigenvalue weighted by atomic mass is 19.1. The van der Waals surface area contributed by atoms with Crippen LogP contribution in [0.2, 0.25) is 0 Å². The van der Waals surface area contributed by atoms with E-state index < -0.39 is 0 Å². The number of ether oxygens (including phenoxy) is 1. The number of nitrogens with zero attached hydrogens (tertiary/aromatic N) is 1. The van der Waals surface area contributed by atoms with E-state index in [2.05, 4.69) is 9.97 Å². The number of halogens is 1. The molecule has 0 saturated carbocycles. The molecule has 0 aliphatic heterocycles. The summed E-state index contributed by atoms with van der Waals surface area (Å²) < 4.78 is 18.4. The van der Waals surface area contributed by atoms with Gasteiger partial charge in [-0.25, -0.2) is 9.37 Å². The summed E-state index contributed by atoms with van der Waals surface area (Å²) in [5, 5.41) is 0. The molecule has 0 unspecified atom stereocenters. The number of imidazole rings is 1. The number of hydrogen-bond acceptors (Lipinski definition) is 3. The third-order valence-corrected chi connectivity index (χ3v) is 2.71. The predicted molar refractivity (Wildman–Crippen MR) is 67.9 cm³/mol. The van der Waals surface area contributed by atoms with Crippen molar-refractivity contribution in [2.75, 3.05) is 13.7 Å². The molecular weight excluding hydrogens is 233 g/mol. The van der Waals surface area contributed by atoms with Crippen molar-refractivity contribution in [3.05, 3.63) is 36.0 Å². The monoisotopic (exact) mass is 249 g/mol. The van der Waals surface area contributed by atoms with Crippen LogP contribution in [-0.4, -0.2) is 23.6 Å². The molecule has 0 bridgehead atoms. The van der Waals surface area contributed by atoms with Gasteiger partial charge in [0.15, 0.2) is 11.6 Å². The highest BCUT2D eigenvalue weighted by Gasteiger charge is 2.07. The molecule has 0 spiro atoms. The van der Waals surface area contributed by atoms with E-state index >= 15 is 0 Å². The summed E-state index contributed by atoms with van der Waals surface area (Å²) in [6.45, 7) is 0.632. The van der Waals surface area contributed by atoms with Gasteiger partial charge in [0.1, 0.15) is 5.82 Å². The Kier molecular flexibility index (Phi) is 3.94. The zero-order valence-electron chi connectivity index (χ0n) is 10.2. The minimum atomic E-state index is -0.381. The van der Waals surface area contributed by atoms with Crippen molar-refractivity contribution < 1.29 is 9.13 Å². The summed E-state index contributed by atoms with van der Waals surface area (Å²) in [6, 6.07) is 4.83. The Balaban J connectivity index is 2.20. The summed E-state index contributed by atoms with van der Waals surface area (Å²) in [6.07, 6.45) is 3.38.